The van der Waals surface area contributed by atoms with Gasteiger partial charge in [-0.2, -0.15) is 0 Å². The fourth-order valence-electron chi connectivity index (χ4n) is 1.23. The summed E-state index contributed by atoms with van der Waals surface area (Å²) in [4.78, 5) is 4.07. The van der Waals surface area contributed by atoms with Gasteiger partial charge in [-0.05, 0) is 38.8 Å². The number of amidine groups is 1. The highest BCUT2D eigenvalue weighted by Crippen LogP contribution is 2.19. The van der Waals surface area contributed by atoms with Crippen LogP contribution in [0.5, 0.6) is 0 Å². The zero-order chi connectivity index (χ0) is 12.7. The van der Waals surface area contributed by atoms with E-state index in [1.165, 1.54) is 6.20 Å². The molecule has 2 heteroatoms. The van der Waals surface area contributed by atoms with Gasteiger partial charge in [0.15, 0.2) is 0 Å². The Morgan fingerprint density at radius 1 is 1.31 bits per heavy atom. The molecule has 0 heterocycles. The molecule has 16 heavy (non-hydrogen) atoms. The summed E-state index contributed by atoms with van der Waals surface area (Å²) in [5.41, 5.74) is 12.6. The van der Waals surface area contributed by atoms with Crippen molar-refractivity contribution in [2.45, 2.75) is 27.7 Å². The first-order valence-electron chi connectivity index (χ1n) is 5.13. The van der Waals surface area contributed by atoms with E-state index in [0.717, 1.165) is 22.3 Å². The molecule has 0 aromatic rings. The van der Waals surface area contributed by atoms with E-state index in [4.69, 9.17) is 5.73 Å². The van der Waals surface area contributed by atoms with Gasteiger partial charge in [-0.3, -0.25) is 0 Å². The lowest BCUT2D eigenvalue weighted by atomic mass is 9.97. The molecule has 0 saturated heterocycles. The average molecular weight is 216 g/mol. The van der Waals surface area contributed by atoms with Gasteiger partial charge in [0, 0.05) is 5.57 Å². The Hall–Kier alpha value is -1.79. The average Bonchev–Trinajstić information content (AvgIpc) is 2.25. The molecule has 2 nitrogen and oxygen atoms in total. The van der Waals surface area contributed by atoms with Gasteiger partial charge >= 0.3 is 0 Å². The quantitative estimate of drug-likeness (QED) is 0.332. The molecule has 0 radical (unpaired) electrons. The number of aliphatic imine (C=N–C) groups is 1. The van der Waals surface area contributed by atoms with Crippen LogP contribution >= 0.6 is 0 Å². The molecule has 86 valence electrons. The van der Waals surface area contributed by atoms with Gasteiger partial charge in [0.1, 0.15) is 5.84 Å². The van der Waals surface area contributed by atoms with Crippen LogP contribution in [0.1, 0.15) is 27.7 Å². The fourth-order valence-corrected chi connectivity index (χ4v) is 1.23. The van der Waals surface area contributed by atoms with Crippen LogP contribution in [0.4, 0.5) is 0 Å². The van der Waals surface area contributed by atoms with E-state index in [0.29, 0.717) is 5.84 Å². The van der Waals surface area contributed by atoms with E-state index in [9.17, 15) is 0 Å². The van der Waals surface area contributed by atoms with Gasteiger partial charge in [-0.1, -0.05) is 24.8 Å². The van der Waals surface area contributed by atoms with Crippen molar-refractivity contribution in [2.75, 3.05) is 0 Å². The molecule has 0 amide bonds. The Morgan fingerprint density at radius 2 is 1.88 bits per heavy atom. The Labute approximate surface area is 98.3 Å². The maximum Gasteiger partial charge on any atom is 0.131 e. The predicted molar refractivity (Wildman–Crippen MR) is 72.3 cm³/mol. The summed E-state index contributed by atoms with van der Waals surface area (Å²) >= 11 is 0. The summed E-state index contributed by atoms with van der Waals surface area (Å²) in [6.45, 7) is 15.3. The molecule has 0 aromatic carbocycles. The lowest BCUT2D eigenvalue weighted by molar-refractivity contribution is 1.27. The van der Waals surface area contributed by atoms with Gasteiger partial charge in [-0.25, -0.2) is 4.99 Å². The van der Waals surface area contributed by atoms with Gasteiger partial charge in [0.2, 0.25) is 0 Å². The smallest absolute Gasteiger partial charge is 0.131 e. The van der Waals surface area contributed by atoms with Crippen molar-refractivity contribution in [3.05, 3.63) is 53.5 Å². The van der Waals surface area contributed by atoms with Crippen LogP contribution in [0.3, 0.4) is 0 Å². The lowest BCUT2D eigenvalue weighted by Crippen LogP contribution is -2.17. The minimum atomic E-state index is 0.465. The van der Waals surface area contributed by atoms with Crippen molar-refractivity contribution >= 4 is 5.84 Å². The van der Waals surface area contributed by atoms with Gasteiger partial charge in [0.25, 0.3) is 0 Å². The topological polar surface area (TPSA) is 38.4 Å². The molecule has 0 unspecified atom stereocenters. The molecule has 0 atom stereocenters. The summed E-state index contributed by atoms with van der Waals surface area (Å²) < 4.78 is 0. The second kappa shape index (κ2) is 6.65. The van der Waals surface area contributed by atoms with Crippen LogP contribution in [-0.4, -0.2) is 5.84 Å². The van der Waals surface area contributed by atoms with Gasteiger partial charge in [0.05, 0.1) is 6.20 Å². The Morgan fingerprint density at radius 3 is 2.25 bits per heavy atom. The fraction of sp³-hybridized carbons (Fsp3) is 0.286. The monoisotopic (exact) mass is 216 g/mol. The van der Waals surface area contributed by atoms with Crippen molar-refractivity contribution in [3.63, 3.8) is 0 Å². The molecule has 0 aliphatic rings. The molecule has 0 aliphatic carbocycles. The largest absolute Gasteiger partial charge is 0.383 e. The minimum absolute atomic E-state index is 0.465. The molecule has 2 N–H and O–H groups in total. The third kappa shape index (κ3) is 3.76. The van der Waals surface area contributed by atoms with Crippen LogP contribution in [0.2, 0.25) is 0 Å². The summed E-state index contributed by atoms with van der Waals surface area (Å²) in [6, 6.07) is 0. The Kier molecular flexibility index (Phi) is 5.91. The third-order valence-corrected chi connectivity index (χ3v) is 2.39. The molecular formula is C14H20N2. The summed E-state index contributed by atoms with van der Waals surface area (Å²) in [7, 11) is 0. The zero-order valence-corrected chi connectivity index (χ0v) is 10.6. The van der Waals surface area contributed by atoms with Crippen LogP contribution in [0.15, 0.2) is 58.4 Å². The van der Waals surface area contributed by atoms with Crippen LogP contribution < -0.4 is 5.73 Å². The zero-order valence-electron chi connectivity index (χ0n) is 10.6. The molecule has 0 saturated carbocycles. The number of nitrogens with two attached hydrogens (primary N) is 1. The van der Waals surface area contributed by atoms with Crippen molar-refractivity contribution in [1.29, 1.82) is 0 Å². The van der Waals surface area contributed by atoms with E-state index in [2.05, 4.69) is 23.9 Å². The number of rotatable bonds is 4. The van der Waals surface area contributed by atoms with E-state index >= 15 is 0 Å². The van der Waals surface area contributed by atoms with E-state index in [1.807, 2.05) is 33.8 Å². The van der Waals surface area contributed by atoms with Crippen molar-refractivity contribution in [2.24, 2.45) is 10.7 Å². The maximum absolute atomic E-state index is 5.93. The molecule has 0 rings (SSSR count). The molecule has 0 aliphatic heterocycles. The first kappa shape index (κ1) is 14.2. The highest BCUT2D eigenvalue weighted by molar-refractivity contribution is 6.02. The summed E-state index contributed by atoms with van der Waals surface area (Å²) in [5.74, 6) is 0.465. The summed E-state index contributed by atoms with van der Waals surface area (Å²) in [6.07, 6.45) is 3.46. The summed E-state index contributed by atoms with van der Waals surface area (Å²) in [5, 5.41) is 0. The number of hydrogen-bond donors (Lipinski definition) is 1. The van der Waals surface area contributed by atoms with Crippen molar-refractivity contribution in [1.82, 2.24) is 0 Å². The predicted octanol–water partition coefficient (Wildman–Crippen LogP) is 3.50. The van der Waals surface area contributed by atoms with Crippen LogP contribution in [0, 0.1) is 0 Å². The molecular weight excluding hydrogens is 196 g/mol. The van der Waals surface area contributed by atoms with Crippen LogP contribution in [0.25, 0.3) is 0 Å². The van der Waals surface area contributed by atoms with Crippen molar-refractivity contribution in [3.8, 4) is 0 Å². The number of hydrogen-bond acceptors (Lipinski definition) is 1. The van der Waals surface area contributed by atoms with Crippen LogP contribution in [-0.2, 0) is 0 Å². The standard InChI is InChI=1S/C14H20N2/c1-7-9-16-14(15)13(11(5)8-2)12(6)10(3)4/h8-9H,1,3H2,2,4-6H3,(H2,15,16)/b11-8-,13-12+. The van der Waals surface area contributed by atoms with Gasteiger partial charge in [-0.15, -0.1) is 5.73 Å². The SMILES string of the molecule is C=C=CN=C(N)C(/C(C)=C\C)=C(\C)C(=C)C. The number of allylic oxidation sites excluding steroid dienone is 3. The third-order valence-electron chi connectivity index (χ3n) is 2.39. The molecule has 0 aromatic heterocycles. The van der Waals surface area contributed by atoms with E-state index < -0.39 is 0 Å². The lowest BCUT2D eigenvalue weighted by Gasteiger charge is -2.12. The minimum Gasteiger partial charge on any atom is -0.383 e. The Bertz CT molecular complexity index is 414. The normalized spacial score (nSPS) is 14.0. The molecule has 0 fully saturated rings. The Balaban J connectivity index is 5.71. The van der Waals surface area contributed by atoms with Gasteiger partial charge < -0.3 is 5.73 Å². The molecule has 0 spiro atoms. The second-order valence-corrected chi connectivity index (χ2v) is 3.60. The first-order valence-corrected chi connectivity index (χ1v) is 5.13. The van der Waals surface area contributed by atoms with E-state index in [1.54, 1.807) is 0 Å². The highest BCUT2D eigenvalue weighted by Gasteiger charge is 2.09. The first-order chi connectivity index (χ1) is 7.45. The second-order valence-electron chi connectivity index (χ2n) is 3.60. The number of nitrogens with zero attached hydrogens (tertiary/aromatic N) is 1. The van der Waals surface area contributed by atoms with Crippen molar-refractivity contribution < 1.29 is 0 Å². The van der Waals surface area contributed by atoms with E-state index in [-0.39, 0.29) is 0 Å². The molecule has 0 bridgehead atoms. The highest BCUT2D eigenvalue weighted by atomic mass is 14.8. The maximum atomic E-state index is 5.93.